The van der Waals surface area contributed by atoms with Gasteiger partial charge in [0.25, 0.3) is 16.0 Å². The van der Waals surface area contributed by atoms with Crippen molar-refractivity contribution in [3.05, 3.63) is 47.5 Å². The Morgan fingerprint density at radius 1 is 1.00 bits per heavy atom. The van der Waals surface area contributed by atoms with Gasteiger partial charge in [0, 0.05) is 13.0 Å². The fourth-order valence-corrected chi connectivity index (χ4v) is 5.12. The van der Waals surface area contributed by atoms with E-state index in [1.807, 2.05) is 0 Å². The number of methoxy groups -OCH3 is 3. The molecule has 2 aliphatic heterocycles. The number of carbonyl (C=O) groups excluding carboxylic acids is 2. The third kappa shape index (κ3) is 4.40. The molecule has 182 valence electrons. The lowest BCUT2D eigenvalue weighted by Gasteiger charge is -2.26. The predicted molar refractivity (Wildman–Crippen MR) is 123 cm³/mol. The summed E-state index contributed by atoms with van der Waals surface area (Å²) < 4.78 is 44.7. The van der Waals surface area contributed by atoms with Crippen molar-refractivity contribution in [2.75, 3.05) is 39.0 Å². The zero-order valence-electron chi connectivity index (χ0n) is 19.3. The average Bonchev–Trinajstić information content (AvgIpc) is 3.20. The first-order valence-corrected chi connectivity index (χ1v) is 12.4. The van der Waals surface area contributed by atoms with E-state index in [-0.39, 0.29) is 31.3 Å². The van der Waals surface area contributed by atoms with Crippen LogP contribution in [0.15, 0.2) is 36.4 Å². The second-order valence-corrected chi connectivity index (χ2v) is 9.71. The Morgan fingerprint density at radius 3 is 2.24 bits per heavy atom. The Morgan fingerprint density at radius 2 is 1.65 bits per heavy atom. The molecule has 0 saturated carbocycles. The number of hydrogen-bond acceptors (Lipinski definition) is 8. The van der Waals surface area contributed by atoms with Crippen molar-refractivity contribution >= 4 is 27.6 Å². The number of hydrogen-bond donors (Lipinski definition) is 0. The minimum Gasteiger partial charge on any atom is -0.493 e. The minimum absolute atomic E-state index is 0.00860. The first kappa shape index (κ1) is 23.8. The van der Waals surface area contributed by atoms with E-state index >= 15 is 0 Å². The summed E-state index contributed by atoms with van der Waals surface area (Å²) in [6.07, 6.45) is 0.241. The van der Waals surface area contributed by atoms with Crippen molar-refractivity contribution in [1.82, 2.24) is 4.90 Å². The maximum absolute atomic E-state index is 13.7. The van der Waals surface area contributed by atoms with E-state index in [0.29, 0.717) is 34.1 Å². The zero-order valence-corrected chi connectivity index (χ0v) is 20.1. The maximum atomic E-state index is 13.7. The molecule has 2 amide bonds. The number of fused-ring (bicyclic) bond motifs is 2. The van der Waals surface area contributed by atoms with Crippen LogP contribution >= 0.6 is 0 Å². The van der Waals surface area contributed by atoms with E-state index < -0.39 is 22.3 Å². The first-order chi connectivity index (χ1) is 16.2. The molecule has 2 atom stereocenters. The maximum Gasteiger partial charge on any atom is 0.264 e. The van der Waals surface area contributed by atoms with Crippen LogP contribution in [0.2, 0.25) is 0 Å². The Kier molecular flexibility index (Phi) is 6.41. The van der Waals surface area contributed by atoms with Crippen LogP contribution in [0.5, 0.6) is 17.2 Å². The summed E-state index contributed by atoms with van der Waals surface area (Å²) in [5, 5.41) is 0. The second-order valence-electron chi connectivity index (χ2n) is 8.11. The summed E-state index contributed by atoms with van der Waals surface area (Å²) in [5.41, 5.74) is 1.52. The van der Waals surface area contributed by atoms with E-state index in [1.54, 1.807) is 36.4 Å². The average molecular weight is 491 g/mol. The highest BCUT2D eigenvalue weighted by Gasteiger charge is 2.46. The summed E-state index contributed by atoms with van der Waals surface area (Å²) >= 11 is 0. The highest BCUT2D eigenvalue weighted by atomic mass is 32.2. The van der Waals surface area contributed by atoms with Gasteiger partial charge in [0.05, 0.1) is 51.5 Å². The number of nitrogens with zero attached hydrogens (tertiary/aromatic N) is 2. The molecule has 11 heteroatoms. The molecule has 2 aromatic carbocycles. The van der Waals surface area contributed by atoms with Crippen molar-refractivity contribution in [2.45, 2.75) is 25.1 Å². The number of para-hydroxylation sites is 1. The van der Waals surface area contributed by atoms with E-state index in [1.165, 1.54) is 31.1 Å². The lowest BCUT2D eigenvalue weighted by Crippen LogP contribution is -2.44. The lowest BCUT2D eigenvalue weighted by atomic mass is 10.1. The molecule has 0 aliphatic carbocycles. The molecule has 0 bridgehead atoms. The van der Waals surface area contributed by atoms with Gasteiger partial charge in [-0.3, -0.25) is 13.8 Å². The molecule has 0 spiro atoms. The SMILES string of the molecule is COc1cc(CN2C(=O)[C@@H]3C[C@@H](OS(C)(=O)=O)CN3C(=O)c3ccccc32)cc(OC)c1OC. The molecule has 0 unspecified atom stereocenters. The molecule has 10 nitrogen and oxygen atoms in total. The summed E-state index contributed by atoms with van der Waals surface area (Å²) in [7, 11) is 0.771. The van der Waals surface area contributed by atoms with Crippen LogP contribution < -0.4 is 19.1 Å². The van der Waals surface area contributed by atoms with Gasteiger partial charge in [-0.2, -0.15) is 8.42 Å². The summed E-state index contributed by atoms with van der Waals surface area (Å²) in [5.74, 6) is 0.627. The molecule has 0 radical (unpaired) electrons. The highest BCUT2D eigenvalue weighted by molar-refractivity contribution is 7.86. The third-order valence-electron chi connectivity index (χ3n) is 5.88. The summed E-state index contributed by atoms with van der Waals surface area (Å²) in [6.45, 7) is 0.135. The number of ether oxygens (including phenoxy) is 3. The summed E-state index contributed by atoms with van der Waals surface area (Å²) in [6, 6.07) is 9.48. The molecule has 0 aromatic heterocycles. The van der Waals surface area contributed by atoms with Crippen molar-refractivity contribution in [3.63, 3.8) is 0 Å². The third-order valence-corrected chi connectivity index (χ3v) is 6.50. The summed E-state index contributed by atoms with van der Waals surface area (Å²) in [4.78, 5) is 30.0. The van der Waals surface area contributed by atoms with Gasteiger partial charge in [-0.05, 0) is 29.8 Å². The first-order valence-electron chi connectivity index (χ1n) is 10.5. The number of amides is 2. The Bertz CT molecular complexity index is 1200. The fourth-order valence-electron chi connectivity index (χ4n) is 4.49. The molecule has 34 heavy (non-hydrogen) atoms. The van der Waals surface area contributed by atoms with Crippen LogP contribution in [0, 0.1) is 0 Å². The van der Waals surface area contributed by atoms with Gasteiger partial charge >= 0.3 is 0 Å². The van der Waals surface area contributed by atoms with Gasteiger partial charge in [-0.25, -0.2) is 0 Å². The van der Waals surface area contributed by atoms with E-state index in [2.05, 4.69) is 0 Å². The molecule has 0 N–H and O–H groups in total. The second kappa shape index (κ2) is 9.15. The molecule has 2 aromatic rings. The van der Waals surface area contributed by atoms with Crippen molar-refractivity contribution in [1.29, 1.82) is 0 Å². The normalized spacial score (nSPS) is 20.0. The van der Waals surface area contributed by atoms with Gasteiger partial charge in [-0.15, -0.1) is 0 Å². The minimum atomic E-state index is -3.74. The molecular weight excluding hydrogens is 464 g/mol. The van der Waals surface area contributed by atoms with E-state index in [0.717, 1.165) is 6.26 Å². The van der Waals surface area contributed by atoms with Crippen LogP contribution in [-0.2, 0) is 25.6 Å². The van der Waals surface area contributed by atoms with Crippen LogP contribution in [0.4, 0.5) is 5.69 Å². The monoisotopic (exact) mass is 490 g/mol. The van der Waals surface area contributed by atoms with Crippen LogP contribution in [0.1, 0.15) is 22.3 Å². The van der Waals surface area contributed by atoms with Crippen LogP contribution in [0.25, 0.3) is 0 Å². The van der Waals surface area contributed by atoms with Gasteiger partial charge in [-0.1, -0.05) is 12.1 Å². The van der Waals surface area contributed by atoms with E-state index in [9.17, 15) is 18.0 Å². The molecule has 1 saturated heterocycles. The molecule has 2 aliphatic rings. The number of anilines is 1. The zero-order chi connectivity index (χ0) is 24.6. The quantitative estimate of drug-likeness (QED) is 0.541. The Balaban J connectivity index is 1.75. The molecule has 2 heterocycles. The molecular formula is C23H26N2O8S. The van der Waals surface area contributed by atoms with Gasteiger partial charge < -0.3 is 24.0 Å². The Hall–Kier alpha value is -3.31. The highest BCUT2D eigenvalue weighted by Crippen LogP contribution is 2.40. The van der Waals surface area contributed by atoms with Crippen LogP contribution in [-0.4, -0.2) is 71.4 Å². The van der Waals surface area contributed by atoms with E-state index in [4.69, 9.17) is 18.4 Å². The van der Waals surface area contributed by atoms with Crippen LogP contribution in [0.3, 0.4) is 0 Å². The van der Waals surface area contributed by atoms with Crippen molar-refractivity contribution in [2.24, 2.45) is 0 Å². The number of rotatable bonds is 7. The van der Waals surface area contributed by atoms with Gasteiger partial charge in [0.2, 0.25) is 11.7 Å². The topological polar surface area (TPSA) is 112 Å². The predicted octanol–water partition coefficient (Wildman–Crippen LogP) is 1.82. The smallest absolute Gasteiger partial charge is 0.264 e. The van der Waals surface area contributed by atoms with Crippen molar-refractivity contribution in [3.8, 4) is 17.2 Å². The number of carbonyl (C=O) groups is 2. The van der Waals surface area contributed by atoms with Crippen molar-refractivity contribution < 1.29 is 36.4 Å². The number of benzene rings is 2. The fraction of sp³-hybridized carbons (Fsp3) is 0.391. The largest absolute Gasteiger partial charge is 0.493 e. The van der Waals surface area contributed by atoms with Gasteiger partial charge in [0.1, 0.15) is 6.04 Å². The van der Waals surface area contributed by atoms with Gasteiger partial charge in [0.15, 0.2) is 11.5 Å². The standard InChI is InChI=1S/C23H26N2O8S/c1-30-19-9-14(10-20(31-2)21(19)32-3)12-24-17-8-6-5-7-16(17)22(26)25-13-15(33-34(4,28)29)11-18(25)23(24)27/h5-10,15,18H,11-13H2,1-4H3/t15-,18+/m1/s1. The molecule has 1 fully saturated rings. The Labute approximate surface area is 198 Å². The molecule has 4 rings (SSSR count). The lowest BCUT2D eigenvalue weighted by molar-refractivity contribution is -0.122.